The molecule has 13 heavy (non-hydrogen) atoms. The minimum atomic E-state index is -0.511. The van der Waals surface area contributed by atoms with Gasteiger partial charge >= 0.3 is 0 Å². The van der Waals surface area contributed by atoms with E-state index in [0.29, 0.717) is 0 Å². The number of rotatable bonds is 2. The molecule has 0 aromatic heterocycles. The predicted molar refractivity (Wildman–Crippen MR) is 49.2 cm³/mol. The Morgan fingerprint density at radius 3 is 2.85 bits per heavy atom. The van der Waals surface area contributed by atoms with Crippen LogP contribution in [0.2, 0.25) is 0 Å². The molecule has 0 unspecified atom stereocenters. The maximum absolute atomic E-state index is 12.6. The third-order valence-electron chi connectivity index (χ3n) is 1.52. The Kier molecular flexibility index (Phi) is 3.15. The van der Waals surface area contributed by atoms with Gasteiger partial charge in [0.25, 0.3) is 0 Å². The molecule has 4 heteroatoms. The maximum Gasteiger partial charge on any atom is 0.174 e. The van der Waals surface area contributed by atoms with Crippen LogP contribution in [0.5, 0.6) is 0 Å². The minimum Gasteiger partial charge on any atom is -0.293 e. The third-order valence-corrected chi connectivity index (χ3v) is 2.03. The molecule has 0 radical (unpaired) electrons. The molecule has 2 nitrogen and oxygen atoms in total. The number of carbonyl (C=O) groups excluding carboxylic acids is 1. The van der Waals surface area contributed by atoms with Crippen molar-refractivity contribution < 1.29 is 9.18 Å². The number of Topliss-reactive ketones (excluding diaryl/α,β-unsaturated/α-hetero) is 1. The Hall–Kier alpha value is -1.21. The van der Waals surface area contributed by atoms with Crippen LogP contribution in [0.4, 0.5) is 4.39 Å². The van der Waals surface area contributed by atoms with E-state index in [4.69, 9.17) is 5.26 Å². The van der Waals surface area contributed by atoms with E-state index in [-0.39, 0.29) is 22.2 Å². The summed E-state index contributed by atoms with van der Waals surface area (Å²) < 4.78 is 12.6. The summed E-state index contributed by atoms with van der Waals surface area (Å²) in [5.41, 5.74) is 0.324. The SMILES string of the molecule is N#Cc1cc(F)ccc1C(=O)CBr. The second kappa shape index (κ2) is 4.15. The first-order valence-corrected chi connectivity index (χ1v) is 4.60. The van der Waals surface area contributed by atoms with Gasteiger partial charge in [-0.15, -0.1) is 0 Å². The van der Waals surface area contributed by atoms with Gasteiger partial charge in [0.05, 0.1) is 17.0 Å². The first-order valence-electron chi connectivity index (χ1n) is 3.48. The maximum atomic E-state index is 12.6. The molecule has 0 atom stereocenters. The van der Waals surface area contributed by atoms with Crippen molar-refractivity contribution >= 4 is 21.7 Å². The summed E-state index contributed by atoms with van der Waals surface area (Å²) in [5, 5.41) is 8.74. The van der Waals surface area contributed by atoms with E-state index < -0.39 is 5.82 Å². The van der Waals surface area contributed by atoms with Crippen molar-refractivity contribution in [3.05, 3.63) is 35.1 Å². The predicted octanol–water partition coefficient (Wildman–Crippen LogP) is 2.27. The third kappa shape index (κ3) is 2.13. The summed E-state index contributed by atoms with van der Waals surface area (Å²) in [4.78, 5) is 11.2. The zero-order valence-electron chi connectivity index (χ0n) is 6.55. The van der Waals surface area contributed by atoms with Gasteiger partial charge in [-0.1, -0.05) is 15.9 Å². The fraction of sp³-hybridized carbons (Fsp3) is 0.111. The topological polar surface area (TPSA) is 40.9 Å². The van der Waals surface area contributed by atoms with Crippen molar-refractivity contribution in [3.8, 4) is 6.07 Å². The van der Waals surface area contributed by atoms with Crippen LogP contribution in [-0.4, -0.2) is 11.1 Å². The van der Waals surface area contributed by atoms with E-state index in [9.17, 15) is 9.18 Å². The summed E-state index contributed by atoms with van der Waals surface area (Å²) in [6.07, 6.45) is 0. The molecule has 66 valence electrons. The van der Waals surface area contributed by atoms with Crippen molar-refractivity contribution in [3.63, 3.8) is 0 Å². The number of nitrogens with zero attached hydrogens (tertiary/aromatic N) is 1. The van der Waals surface area contributed by atoms with Gasteiger partial charge in [0.1, 0.15) is 5.82 Å². The van der Waals surface area contributed by atoms with Gasteiger partial charge in [0.15, 0.2) is 5.78 Å². The second-order valence-electron chi connectivity index (χ2n) is 2.36. The summed E-state index contributed by atoms with van der Waals surface area (Å²) in [6, 6.07) is 5.30. The number of ketones is 1. The van der Waals surface area contributed by atoms with E-state index in [0.717, 1.165) is 12.1 Å². The van der Waals surface area contributed by atoms with E-state index in [1.165, 1.54) is 6.07 Å². The zero-order chi connectivity index (χ0) is 9.84. The molecule has 1 aromatic rings. The van der Waals surface area contributed by atoms with Gasteiger partial charge < -0.3 is 0 Å². The van der Waals surface area contributed by atoms with Gasteiger partial charge in [-0.2, -0.15) is 5.26 Å². The molecule has 0 bridgehead atoms. The Bertz CT molecular complexity index is 384. The van der Waals surface area contributed by atoms with Crippen LogP contribution in [0.3, 0.4) is 0 Å². The fourth-order valence-corrected chi connectivity index (χ4v) is 1.23. The molecule has 0 fully saturated rings. The molecule has 0 spiro atoms. The molecule has 0 aliphatic carbocycles. The summed E-state index contributed by atoms with van der Waals surface area (Å²) in [6.45, 7) is 0. The van der Waals surface area contributed by atoms with Crippen LogP contribution < -0.4 is 0 Å². The number of hydrogen-bond donors (Lipinski definition) is 0. The first kappa shape index (κ1) is 9.87. The average Bonchev–Trinajstić information content (AvgIpc) is 2.16. The number of hydrogen-bond acceptors (Lipinski definition) is 2. The van der Waals surface area contributed by atoms with Gasteiger partial charge in [0, 0.05) is 5.56 Å². The molecular weight excluding hydrogens is 237 g/mol. The number of carbonyl (C=O) groups is 1. The molecule has 0 saturated carbocycles. The molecule has 0 N–H and O–H groups in total. The van der Waals surface area contributed by atoms with Gasteiger partial charge in [-0.05, 0) is 18.2 Å². The molecular formula is C9H5BrFNO. The van der Waals surface area contributed by atoms with Crippen molar-refractivity contribution in [1.29, 1.82) is 5.26 Å². The van der Waals surface area contributed by atoms with Crippen molar-refractivity contribution in [2.24, 2.45) is 0 Å². The quantitative estimate of drug-likeness (QED) is 0.589. The van der Waals surface area contributed by atoms with Crippen LogP contribution in [0.1, 0.15) is 15.9 Å². The molecule has 1 rings (SSSR count). The van der Waals surface area contributed by atoms with Crippen LogP contribution in [0.15, 0.2) is 18.2 Å². The van der Waals surface area contributed by atoms with Crippen molar-refractivity contribution in [2.75, 3.05) is 5.33 Å². The lowest BCUT2D eigenvalue weighted by Crippen LogP contribution is -2.03. The first-order chi connectivity index (χ1) is 6.19. The van der Waals surface area contributed by atoms with E-state index >= 15 is 0 Å². The standard InChI is InChI=1S/C9H5BrFNO/c10-4-9(13)8-2-1-7(11)3-6(8)5-12/h1-3H,4H2. The molecule has 0 amide bonds. The summed E-state index contributed by atoms with van der Waals surface area (Å²) in [7, 11) is 0. The Morgan fingerprint density at radius 2 is 2.31 bits per heavy atom. The summed E-state index contributed by atoms with van der Waals surface area (Å²) >= 11 is 2.98. The lowest BCUT2D eigenvalue weighted by atomic mass is 10.1. The van der Waals surface area contributed by atoms with E-state index in [1.54, 1.807) is 6.07 Å². The van der Waals surface area contributed by atoms with Crippen LogP contribution in [0, 0.1) is 17.1 Å². The minimum absolute atomic E-state index is 0.0736. The summed E-state index contributed by atoms with van der Waals surface area (Å²) in [5.74, 6) is -0.737. The fourth-order valence-electron chi connectivity index (χ4n) is 0.924. The molecule has 0 aliphatic rings. The highest BCUT2D eigenvalue weighted by molar-refractivity contribution is 9.09. The van der Waals surface area contributed by atoms with Crippen LogP contribution >= 0.6 is 15.9 Å². The molecule has 0 saturated heterocycles. The van der Waals surface area contributed by atoms with Gasteiger partial charge in [-0.25, -0.2) is 4.39 Å². The van der Waals surface area contributed by atoms with Gasteiger partial charge in [-0.3, -0.25) is 4.79 Å². The number of nitriles is 1. The average molecular weight is 242 g/mol. The zero-order valence-corrected chi connectivity index (χ0v) is 8.14. The highest BCUT2D eigenvalue weighted by Gasteiger charge is 2.10. The van der Waals surface area contributed by atoms with Crippen molar-refractivity contribution in [2.45, 2.75) is 0 Å². The Labute approximate surface area is 83.1 Å². The normalized spacial score (nSPS) is 9.31. The number of alkyl halides is 1. The Morgan fingerprint density at radius 1 is 1.62 bits per heavy atom. The number of benzene rings is 1. The smallest absolute Gasteiger partial charge is 0.174 e. The molecule has 0 aliphatic heterocycles. The van der Waals surface area contributed by atoms with E-state index in [1.807, 2.05) is 0 Å². The largest absolute Gasteiger partial charge is 0.293 e. The highest BCUT2D eigenvalue weighted by Crippen LogP contribution is 2.11. The molecule has 1 aromatic carbocycles. The highest BCUT2D eigenvalue weighted by atomic mass is 79.9. The number of halogens is 2. The lowest BCUT2D eigenvalue weighted by molar-refractivity contribution is 0.102. The Balaban J connectivity index is 3.23. The monoisotopic (exact) mass is 241 g/mol. The molecule has 0 heterocycles. The van der Waals surface area contributed by atoms with E-state index in [2.05, 4.69) is 15.9 Å². The van der Waals surface area contributed by atoms with Gasteiger partial charge in [0.2, 0.25) is 0 Å². The lowest BCUT2D eigenvalue weighted by Gasteiger charge is -1.99. The van der Waals surface area contributed by atoms with Crippen molar-refractivity contribution in [1.82, 2.24) is 0 Å². The second-order valence-corrected chi connectivity index (χ2v) is 2.92. The van der Waals surface area contributed by atoms with Crippen LogP contribution in [0.25, 0.3) is 0 Å². The van der Waals surface area contributed by atoms with Crippen LogP contribution in [-0.2, 0) is 0 Å².